The number of carbonyl (C=O) groups excluding carboxylic acids is 1. The second-order valence-corrected chi connectivity index (χ2v) is 8.88. The van der Waals surface area contributed by atoms with E-state index in [-0.39, 0.29) is 24.4 Å². The maximum atomic E-state index is 13.0. The van der Waals surface area contributed by atoms with E-state index in [0.29, 0.717) is 29.1 Å². The highest BCUT2D eigenvalue weighted by Gasteiger charge is 2.21. The first-order chi connectivity index (χ1) is 16.4. The fourth-order valence-corrected chi connectivity index (χ4v) is 4.56. The van der Waals surface area contributed by atoms with Crippen molar-refractivity contribution in [1.29, 1.82) is 0 Å². The molecule has 4 heterocycles. The number of aryl methyl sites for hydroxylation is 1. The lowest BCUT2D eigenvalue weighted by Crippen LogP contribution is -2.45. The van der Waals surface area contributed by atoms with Crippen LogP contribution in [-0.4, -0.2) is 70.5 Å². The first-order valence-corrected chi connectivity index (χ1v) is 11.4. The molecule has 5 rings (SSSR count). The molecule has 1 N–H and O–H groups in total. The van der Waals surface area contributed by atoms with Gasteiger partial charge in [-0.15, -0.1) is 6.42 Å². The van der Waals surface area contributed by atoms with Gasteiger partial charge in [0.25, 0.3) is 5.56 Å². The number of hydrogen-bond donors (Lipinski definition) is 1. The molecule has 1 fully saturated rings. The number of aromatic nitrogens is 3. The average Bonchev–Trinajstić information content (AvgIpc) is 2.83. The van der Waals surface area contributed by atoms with Gasteiger partial charge in [-0.05, 0) is 30.8 Å². The Labute approximate surface area is 198 Å². The zero-order valence-corrected chi connectivity index (χ0v) is 19.4. The van der Waals surface area contributed by atoms with Gasteiger partial charge in [-0.2, -0.15) is 4.98 Å². The van der Waals surface area contributed by atoms with E-state index in [2.05, 4.69) is 44.1 Å². The molecule has 0 saturated carbocycles. The van der Waals surface area contributed by atoms with Crippen molar-refractivity contribution < 1.29 is 4.79 Å². The Hall–Kier alpha value is -3.90. The molecule has 0 unspecified atom stereocenters. The molecule has 34 heavy (non-hydrogen) atoms. The fourth-order valence-electron chi connectivity index (χ4n) is 4.56. The molecule has 0 aliphatic carbocycles. The number of carbonyl (C=O) groups is 1. The maximum Gasteiger partial charge on any atom is 0.253 e. The van der Waals surface area contributed by atoms with E-state index in [9.17, 15) is 9.59 Å². The van der Waals surface area contributed by atoms with E-state index in [0.717, 1.165) is 43.1 Å². The molecule has 0 atom stereocenters. The van der Waals surface area contributed by atoms with Gasteiger partial charge in [0.05, 0.1) is 5.39 Å². The zero-order chi connectivity index (χ0) is 23.8. The second kappa shape index (κ2) is 8.80. The molecule has 9 nitrogen and oxygen atoms in total. The van der Waals surface area contributed by atoms with Crippen LogP contribution in [0.4, 0.5) is 17.3 Å². The van der Waals surface area contributed by atoms with Gasteiger partial charge in [0.1, 0.15) is 5.65 Å². The van der Waals surface area contributed by atoms with Crippen LogP contribution in [0.5, 0.6) is 0 Å². The summed E-state index contributed by atoms with van der Waals surface area (Å²) in [7, 11) is 3.93. The van der Waals surface area contributed by atoms with E-state index >= 15 is 0 Å². The maximum absolute atomic E-state index is 13.0. The lowest BCUT2D eigenvalue weighted by molar-refractivity contribution is -0.130. The molecule has 0 spiro atoms. The Morgan fingerprint density at radius 3 is 2.62 bits per heavy atom. The number of pyridine rings is 1. The second-order valence-electron chi connectivity index (χ2n) is 8.88. The number of benzene rings is 1. The van der Waals surface area contributed by atoms with Gasteiger partial charge in [-0.3, -0.25) is 14.2 Å². The average molecular weight is 458 g/mol. The Kier molecular flexibility index (Phi) is 5.67. The summed E-state index contributed by atoms with van der Waals surface area (Å²) >= 11 is 0. The normalized spacial score (nSPS) is 17.0. The minimum atomic E-state index is -0.284. The first kappa shape index (κ1) is 21.9. The molecule has 1 amide bonds. The van der Waals surface area contributed by atoms with Crippen molar-refractivity contribution in [3.05, 3.63) is 51.9 Å². The molecule has 0 radical (unpaired) electrons. The summed E-state index contributed by atoms with van der Waals surface area (Å²) < 4.78 is 1.50. The summed E-state index contributed by atoms with van der Waals surface area (Å²) in [4.78, 5) is 41.3. The first-order valence-electron chi connectivity index (χ1n) is 11.4. The number of fused-ring (bicyclic) bond motifs is 3. The number of terminal acetylenes is 1. The van der Waals surface area contributed by atoms with Gasteiger partial charge in [-0.1, -0.05) is 5.92 Å². The number of amides is 1. The Bertz CT molecular complexity index is 1370. The Morgan fingerprint density at radius 1 is 1.06 bits per heavy atom. The molecule has 2 aliphatic rings. The van der Waals surface area contributed by atoms with Crippen LogP contribution in [0.25, 0.3) is 11.0 Å². The number of anilines is 3. The quantitative estimate of drug-likeness (QED) is 0.556. The van der Waals surface area contributed by atoms with E-state index in [4.69, 9.17) is 6.42 Å². The predicted molar refractivity (Wildman–Crippen MR) is 132 cm³/mol. The summed E-state index contributed by atoms with van der Waals surface area (Å²) in [6, 6.07) is 7.54. The predicted octanol–water partition coefficient (Wildman–Crippen LogP) is 1.63. The highest BCUT2D eigenvalue weighted by molar-refractivity contribution is 5.83. The molecule has 2 aliphatic heterocycles. The molecule has 1 aromatic carbocycles. The lowest BCUT2D eigenvalue weighted by atomic mass is 10.1. The van der Waals surface area contributed by atoms with Gasteiger partial charge in [0.15, 0.2) is 0 Å². The van der Waals surface area contributed by atoms with Crippen molar-refractivity contribution in [2.75, 3.05) is 50.5 Å². The summed E-state index contributed by atoms with van der Waals surface area (Å²) in [5.74, 6) is 2.87. The minimum absolute atomic E-state index is 0.0442. The van der Waals surface area contributed by atoms with Crippen LogP contribution in [-0.2, 0) is 17.9 Å². The van der Waals surface area contributed by atoms with Gasteiger partial charge < -0.3 is 20.0 Å². The van der Waals surface area contributed by atoms with E-state index in [1.165, 1.54) is 10.6 Å². The van der Waals surface area contributed by atoms with Crippen LogP contribution in [0.2, 0.25) is 0 Å². The Balaban J connectivity index is 1.61. The standard InChI is InChI=1S/C25H27N7O2/c1-4-17-14-23(34)32-8-7-22(33)30(3)16-18-13-19(27-25-26-15-20(17)24(32)28-25)5-6-21(18)31-11-9-29(2)10-12-31/h1,5-6,13-15H,7-12,16H2,2-3H3,(H,26,27,28). The van der Waals surface area contributed by atoms with Crippen LogP contribution < -0.4 is 15.8 Å². The molecular formula is C25H27N7O2. The Morgan fingerprint density at radius 2 is 1.85 bits per heavy atom. The third kappa shape index (κ3) is 4.08. The smallest absolute Gasteiger partial charge is 0.253 e. The fraction of sp³-hybridized carbons (Fsp3) is 0.360. The number of rotatable bonds is 1. The number of nitrogens with zero attached hydrogens (tertiary/aromatic N) is 6. The molecule has 3 aromatic rings. The molecule has 174 valence electrons. The number of hydrogen-bond acceptors (Lipinski definition) is 7. The van der Waals surface area contributed by atoms with Crippen LogP contribution in [0.3, 0.4) is 0 Å². The van der Waals surface area contributed by atoms with Crippen molar-refractivity contribution >= 4 is 34.3 Å². The van der Waals surface area contributed by atoms with Crippen molar-refractivity contribution in [1.82, 2.24) is 24.3 Å². The largest absolute Gasteiger partial charge is 0.369 e. The lowest BCUT2D eigenvalue weighted by Gasteiger charge is -2.35. The topological polar surface area (TPSA) is 86.6 Å². The number of nitrogens with one attached hydrogen (secondary N) is 1. The zero-order valence-electron chi connectivity index (χ0n) is 19.4. The number of piperazine rings is 1. The molecule has 9 heteroatoms. The van der Waals surface area contributed by atoms with Gasteiger partial charge in [0, 0.05) is 81.9 Å². The van der Waals surface area contributed by atoms with E-state index < -0.39 is 0 Å². The van der Waals surface area contributed by atoms with Crippen LogP contribution in [0.15, 0.2) is 35.3 Å². The summed E-state index contributed by atoms with van der Waals surface area (Å²) in [6.45, 7) is 4.54. The monoisotopic (exact) mass is 457 g/mol. The van der Waals surface area contributed by atoms with Crippen molar-refractivity contribution in [2.24, 2.45) is 0 Å². The molecule has 1 saturated heterocycles. The van der Waals surface area contributed by atoms with Gasteiger partial charge in [-0.25, -0.2) is 4.98 Å². The van der Waals surface area contributed by atoms with Crippen LogP contribution in [0.1, 0.15) is 17.5 Å². The molecule has 4 bridgehead atoms. The van der Waals surface area contributed by atoms with Crippen molar-refractivity contribution in [2.45, 2.75) is 19.5 Å². The van der Waals surface area contributed by atoms with Crippen molar-refractivity contribution in [3.63, 3.8) is 0 Å². The highest BCUT2D eigenvalue weighted by atomic mass is 16.2. The van der Waals surface area contributed by atoms with Crippen LogP contribution >= 0.6 is 0 Å². The molecule has 2 aromatic heterocycles. The van der Waals surface area contributed by atoms with E-state index in [1.807, 2.05) is 12.1 Å². The third-order valence-corrected chi connectivity index (χ3v) is 6.57. The van der Waals surface area contributed by atoms with Gasteiger partial charge >= 0.3 is 0 Å². The van der Waals surface area contributed by atoms with E-state index in [1.54, 1.807) is 18.1 Å². The SMILES string of the molecule is C#Cc1cc(=O)n2c3nc(ncc13)Nc1ccc(N3CCN(C)CC3)c(c1)CN(C)C(=O)CC2. The molecular weight excluding hydrogens is 430 g/mol. The third-order valence-electron chi connectivity index (χ3n) is 6.57. The summed E-state index contributed by atoms with van der Waals surface area (Å²) in [5, 5.41) is 3.87. The summed E-state index contributed by atoms with van der Waals surface area (Å²) in [5.41, 5.74) is 3.57. The van der Waals surface area contributed by atoms with Crippen LogP contribution in [0, 0.1) is 12.3 Å². The highest BCUT2D eigenvalue weighted by Crippen LogP contribution is 2.28. The van der Waals surface area contributed by atoms with Gasteiger partial charge in [0.2, 0.25) is 11.9 Å². The number of likely N-dealkylation sites (N-methyl/N-ethyl adjacent to an activating group) is 1. The summed E-state index contributed by atoms with van der Waals surface area (Å²) in [6.07, 6.45) is 7.42. The minimum Gasteiger partial charge on any atom is -0.369 e. The van der Waals surface area contributed by atoms with Crippen molar-refractivity contribution in [3.8, 4) is 12.3 Å².